The molecule has 0 saturated heterocycles. The van der Waals surface area contributed by atoms with Gasteiger partial charge in [0.15, 0.2) is 6.61 Å². The molecule has 3 rings (SSSR count). The van der Waals surface area contributed by atoms with Gasteiger partial charge in [0.25, 0.3) is 5.91 Å². The first-order chi connectivity index (χ1) is 15.9. The van der Waals surface area contributed by atoms with Gasteiger partial charge in [-0.05, 0) is 56.0 Å². The van der Waals surface area contributed by atoms with Crippen LogP contribution < -0.4 is 10.1 Å². The number of amides is 2. The first-order valence-electron chi connectivity index (χ1n) is 11.6. The third-order valence-corrected chi connectivity index (χ3v) is 6.79. The van der Waals surface area contributed by atoms with Crippen LogP contribution in [0.15, 0.2) is 42.5 Å². The van der Waals surface area contributed by atoms with E-state index < -0.39 is 6.04 Å². The first kappa shape index (κ1) is 25.4. The van der Waals surface area contributed by atoms with E-state index in [4.69, 9.17) is 27.9 Å². The van der Waals surface area contributed by atoms with Crippen LogP contribution in [0.5, 0.6) is 5.75 Å². The number of hydrogen-bond acceptors (Lipinski definition) is 3. The Morgan fingerprint density at radius 1 is 1.09 bits per heavy atom. The number of halogens is 2. The van der Waals surface area contributed by atoms with E-state index in [-0.39, 0.29) is 31.0 Å². The minimum absolute atomic E-state index is 0.130. The predicted octanol–water partition coefficient (Wildman–Crippen LogP) is 5.94. The second kappa shape index (κ2) is 12.3. The van der Waals surface area contributed by atoms with Crippen LogP contribution in [0.4, 0.5) is 0 Å². The molecule has 1 atom stereocenters. The lowest BCUT2D eigenvalue weighted by atomic mass is 9.95. The third kappa shape index (κ3) is 7.12. The molecule has 0 bridgehead atoms. The van der Waals surface area contributed by atoms with E-state index in [2.05, 4.69) is 5.32 Å². The number of carbonyl (C=O) groups excluding carboxylic acids is 2. The molecular formula is C26H32Cl2N2O3. The highest BCUT2D eigenvalue weighted by Crippen LogP contribution is 2.27. The Balaban J connectivity index is 1.80. The lowest BCUT2D eigenvalue weighted by molar-refractivity contribution is -0.143. The van der Waals surface area contributed by atoms with E-state index in [0.29, 0.717) is 27.8 Å². The Hall–Kier alpha value is -2.24. The van der Waals surface area contributed by atoms with Crippen LogP contribution in [0, 0.1) is 6.92 Å². The normalized spacial score (nSPS) is 15.0. The molecule has 0 unspecified atom stereocenters. The topological polar surface area (TPSA) is 58.6 Å². The Morgan fingerprint density at radius 2 is 1.76 bits per heavy atom. The van der Waals surface area contributed by atoms with Crippen molar-refractivity contribution in [3.63, 3.8) is 0 Å². The molecule has 0 aromatic heterocycles. The zero-order valence-corrected chi connectivity index (χ0v) is 20.8. The first-order valence-corrected chi connectivity index (χ1v) is 12.4. The summed E-state index contributed by atoms with van der Waals surface area (Å²) in [6, 6.07) is 12.3. The Morgan fingerprint density at radius 3 is 2.39 bits per heavy atom. The molecule has 1 aliphatic rings. The maximum Gasteiger partial charge on any atom is 0.261 e. The third-order valence-electron chi connectivity index (χ3n) is 6.08. The van der Waals surface area contributed by atoms with Crippen molar-refractivity contribution in [2.45, 2.75) is 71.0 Å². The van der Waals surface area contributed by atoms with E-state index in [1.807, 2.05) is 38.1 Å². The van der Waals surface area contributed by atoms with Gasteiger partial charge in [-0.2, -0.15) is 0 Å². The molecule has 1 aliphatic carbocycles. The molecule has 5 nitrogen and oxygen atoms in total. The summed E-state index contributed by atoms with van der Waals surface area (Å²) in [5, 5.41) is 4.08. The van der Waals surface area contributed by atoms with Gasteiger partial charge in [0, 0.05) is 28.2 Å². The molecule has 7 heteroatoms. The minimum Gasteiger partial charge on any atom is -0.484 e. The average molecular weight is 491 g/mol. The number of carbonyl (C=O) groups is 2. The molecule has 0 aliphatic heterocycles. The summed E-state index contributed by atoms with van der Waals surface area (Å²) in [7, 11) is 0. The SMILES string of the molecule is CC[C@@H](C(=O)NC1CCCCC1)N(Cc1c(Cl)cccc1Cl)C(=O)COc1cccc(C)c1. The summed E-state index contributed by atoms with van der Waals surface area (Å²) in [6.07, 6.45) is 5.85. The lowest BCUT2D eigenvalue weighted by Crippen LogP contribution is -2.52. The van der Waals surface area contributed by atoms with Gasteiger partial charge in [-0.25, -0.2) is 0 Å². The van der Waals surface area contributed by atoms with Gasteiger partial charge in [-0.15, -0.1) is 0 Å². The minimum atomic E-state index is -0.645. The van der Waals surface area contributed by atoms with Crippen molar-refractivity contribution in [2.24, 2.45) is 0 Å². The molecule has 33 heavy (non-hydrogen) atoms. The highest BCUT2D eigenvalue weighted by molar-refractivity contribution is 6.36. The molecule has 1 fully saturated rings. The van der Waals surface area contributed by atoms with Gasteiger partial charge in [0.1, 0.15) is 11.8 Å². The van der Waals surface area contributed by atoms with Gasteiger partial charge < -0.3 is 15.0 Å². The molecule has 1 saturated carbocycles. The quantitative estimate of drug-likeness (QED) is 0.473. The molecule has 1 N–H and O–H groups in total. The maximum atomic E-state index is 13.4. The number of nitrogens with one attached hydrogen (secondary N) is 1. The fourth-order valence-corrected chi connectivity index (χ4v) is 4.77. The van der Waals surface area contributed by atoms with Crippen molar-refractivity contribution in [3.05, 3.63) is 63.6 Å². The highest BCUT2D eigenvalue weighted by atomic mass is 35.5. The Labute approximate surface area is 206 Å². The van der Waals surface area contributed by atoms with Crippen molar-refractivity contribution < 1.29 is 14.3 Å². The van der Waals surface area contributed by atoms with Crippen molar-refractivity contribution in [3.8, 4) is 5.75 Å². The molecule has 2 aromatic carbocycles. The molecule has 2 aromatic rings. The van der Waals surface area contributed by atoms with E-state index in [0.717, 1.165) is 31.2 Å². The predicted molar refractivity (Wildman–Crippen MR) is 133 cm³/mol. The summed E-state index contributed by atoms with van der Waals surface area (Å²) < 4.78 is 5.76. The van der Waals surface area contributed by atoms with Crippen LogP contribution in [-0.4, -0.2) is 35.4 Å². The summed E-state index contributed by atoms with van der Waals surface area (Å²) in [5.74, 6) is 0.174. The number of ether oxygens (including phenoxy) is 1. The molecule has 2 amide bonds. The van der Waals surface area contributed by atoms with Crippen molar-refractivity contribution in [2.75, 3.05) is 6.61 Å². The van der Waals surface area contributed by atoms with Crippen LogP contribution in [0.3, 0.4) is 0 Å². The number of rotatable bonds is 9. The summed E-state index contributed by atoms with van der Waals surface area (Å²) in [6.45, 7) is 3.81. The summed E-state index contributed by atoms with van der Waals surface area (Å²) >= 11 is 12.8. The number of nitrogens with zero attached hydrogens (tertiary/aromatic N) is 1. The zero-order chi connectivity index (χ0) is 23.8. The van der Waals surface area contributed by atoms with Crippen molar-refractivity contribution in [1.29, 1.82) is 0 Å². The Bertz CT molecular complexity index is 940. The smallest absolute Gasteiger partial charge is 0.261 e. The van der Waals surface area contributed by atoms with Crippen LogP contribution in [0.25, 0.3) is 0 Å². The number of hydrogen-bond donors (Lipinski definition) is 1. The Kier molecular flexibility index (Phi) is 9.45. The van der Waals surface area contributed by atoms with Gasteiger partial charge in [-0.1, -0.05) is 67.6 Å². The summed E-state index contributed by atoms with van der Waals surface area (Å²) in [5.41, 5.74) is 1.66. The fraction of sp³-hybridized carbons (Fsp3) is 0.462. The molecular weight excluding hydrogens is 459 g/mol. The maximum absolute atomic E-state index is 13.4. The van der Waals surface area contributed by atoms with E-state index in [1.165, 1.54) is 6.42 Å². The monoisotopic (exact) mass is 490 g/mol. The van der Waals surface area contributed by atoms with E-state index in [9.17, 15) is 9.59 Å². The molecule has 178 valence electrons. The molecule has 0 radical (unpaired) electrons. The van der Waals surface area contributed by atoms with Gasteiger partial charge in [0.05, 0.1) is 0 Å². The van der Waals surface area contributed by atoms with Crippen molar-refractivity contribution >= 4 is 35.0 Å². The van der Waals surface area contributed by atoms with Crippen LogP contribution >= 0.6 is 23.2 Å². The van der Waals surface area contributed by atoms with E-state index >= 15 is 0 Å². The van der Waals surface area contributed by atoms with Crippen molar-refractivity contribution in [1.82, 2.24) is 10.2 Å². The second-order valence-corrected chi connectivity index (χ2v) is 9.41. The van der Waals surface area contributed by atoms with Crippen LogP contribution in [-0.2, 0) is 16.1 Å². The van der Waals surface area contributed by atoms with Crippen LogP contribution in [0.1, 0.15) is 56.6 Å². The van der Waals surface area contributed by atoms with Gasteiger partial charge in [-0.3, -0.25) is 9.59 Å². The van der Waals surface area contributed by atoms with Crippen LogP contribution in [0.2, 0.25) is 10.0 Å². The van der Waals surface area contributed by atoms with Gasteiger partial charge in [0.2, 0.25) is 5.91 Å². The number of benzene rings is 2. The zero-order valence-electron chi connectivity index (χ0n) is 19.3. The lowest BCUT2D eigenvalue weighted by Gasteiger charge is -2.33. The highest BCUT2D eigenvalue weighted by Gasteiger charge is 2.31. The van der Waals surface area contributed by atoms with E-state index in [1.54, 1.807) is 23.1 Å². The summed E-state index contributed by atoms with van der Waals surface area (Å²) in [4.78, 5) is 28.2. The molecule has 0 spiro atoms. The largest absolute Gasteiger partial charge is 0.484 e. The standard InChI is InChI=1S/C26H32Cl2N2O3/c1-3-24(26(32)29-19-10-5-4-6-11-19)30(16-21-22(27)13-8-14-23(21)28)25(31)17-33-20-12-7-9-18(2)15-20/h7-9,12-15,19,24H,3-6,10-11,16-17H2,1-2H3,(H,29,32)/t24-/m0/s1. The second-order valence-electron chi connectivity index (χ2n) is 8.59. The van der Waals surface area contributed by atoms with Gasteiger partial charge >= 0.3 is 0 Å². The average Bonchev–Trinajstić information content (AvgIpc) is 2.80. The molecule has 0 heterocycles. The fourth-order valence-electron chi connectivity index (χ4n) is 4.25. The number of aryl methyl sites for hydroxylation is 1.